The molecule has 5 nitrogen and oxygen atoms in total. The van der Waals surface area contributed by atoms with Crippen LogP contribution >= 0.6 is 22.7 Å². The number of amides is 2. The van der Waals surface area contributed by atoms with Gasteiger partial charge in [0.15, 0.2) is 0 Å². The predicted molar refractivity (Wildman–Crippen MR) is 107 cm³/mol. The number of nitrogens with one attached hydrogen (secondary N) is 2. The molecule has 0 saturated carbocycles. The average molecular weight is 386 g/mol. The molecule has 26 heavy (non-hydrogen) atoms. The first-order valence-corrected chi connectivity index (χ1v) is 9.97. The lowest BCUT2D eigenvalue weighted by atomic mass is 10.2. The van der Waals surface area contributed by atoms with Crippen molar-refractivity contribution in [1.82, 2.24) is 10.3 Å². The van der Waals surface area contributed by atoms with Crippen LogP contribution in [0.2, 0.25) is 0 Å². The SMILES string of the molecule is CC(=O)Nc1ccc(-c2nc(CCNC(=O)Cc3cccs3)cs2)cc1. The molecule has 2 aromatic heterocycles. The predicted octanol–water partition coefficient (Wildman–Crippen LogP) is 3.73. The van der Waals surface area contributed by atoms with E-state index in [1.54, 1.807) is 22.7 Å². The molecule has 0 bridgehead atoms. The number of thiophene rings is 1. The number of anilines is 1. The quantitative estimate of drug-likeness (QED) is 0.651. The van der Waals surface area contributed by atoms with E-state index in [1.165, 1.54) is 6.92 Å². The lowest BCUT2D eigenvalue weighted by Crippen LogP contribution is -2.27. The number of benzene rings is 1. The van der Waals surface area contributed by atoms with Crippen LogP contribution in [-0.2, 0) is 22.4 Å². The van der Waals surface area contributed by atoms with Crippen molar-refractivity contribution in [1.29, 1.82) is 0 Å². The maximum Gasteiger partial charge on any atom is 0.225 e. The van der Waals surface area contributed by atoms with Gasteiger partial charge in [0.05, 0.1) is 12.1 Å². The monoisotopic (exact) mass is 385 g/mol. The van der Waals surface area contributed by atoms with Crippen LogP contribution in [0.5, 0.6) is 0 Å². The van der Waals surface area contributed by atoms with Crippen LogP contribution in [0.1, 0.15) is 17.5 Å². The number of thiazole rings is 1. The number of carbonyl (C=O) groups is 2. The second kappa shape index (κ2) is 8.73. The summed E-state index contributed by atoms with van der Waals surface area (Å²) in [4.78, 5) is 28.6. The topological polar surface area (TPSA) is 71.1 Å². The summed E-state index contributed by atoms with van der Waals surface area (Å²) in [5, 5.41) is 10.6. The van der Waals surface area contributed by atoms with Crippen LogP contribution in [0.15, 0.2) is 47.2 Å². The highest BCUT2D eigenvalue weighted by Crippen LogP contribution is 2.25. The van der Waals surface area contributed by atoms with Gasteiger partial charge in [0, 0.05) is 41.4 Å². The highest BCUT2D eigenvalue weighted by molar-refractivity contribution is 7.13. The Hall–Kier alpha value is -2.51. The van der Waals surface area contributed by atoms with Crippen molar-refractivity contribution >= 4 is 40.2 Å². The fourth-order valence-corrected chi connectivity index (χ4v) is 3.98. The van der Waals surface area contributed by atoms with Crippen molar-refractivity contribution < 1.29 is 9.59 Å². The fourth-order valence-electron chi connectivity index (χ4n) is 2.42. The zero-order valence-corrected chi connectivity index (χ0v) is 16.0. The number of aromatic nitrogens is 1. The second-order valence-corrected chi connectivity index (χ2v) is 7.65. The smallest absolute Gasteiger partial charge is 0.225 e. The Morgan fingerprint density at radius 2 is 1.92 bits per heavy atom. The van der Waals surface area contributed by atoms with Crippen molar-refractivity contribution in [3.63, 3.8) is 0 Å². The maximum absolute atomic E-state index is 11.9. The summed E-state index contributed by atoms with van der Waals surface area (Å²) >= 11 is 3.17. The molecule has 0 spiro atoms. The van der Waals surface area contributed by atoms with Crippen molar-refractivity contribution in [3.8, 4) is 10.6 Å². The van der Waals surface area contributed by atoms with E-state index in [9.17, 15) is 9.59 Å². The summed E-state index contributed by atoms with van der Waals surface area (Å²) < 4.78 is 0. The van der Waals surface area contributed by atoms with E-state index < -0.39 is 0 Å². The standard InChI is InChI=1S/C19H19N3O2S2/c1-13(23)21-15-6-4-14(5-7-15)19-22-16(12-26-19)8-9-20-18(24)11-17-3-2-10-25-17/h2-7,10,12H,8-9,11H2,1H3,(H,20,24)(H,21,23). The maximum atomic E-state index is 11.9. The van der Waals surface area contributed by atoms with Crippen molar-refractivity contribution in [2.24, 2.45) is 0 Å². The molecule has 0 atom stereocenters. The van der Waals surface area contributed by atoms with Gasteiger partial charge in [0.25, 0.3) is 0 Å². The van der Waals surface area contributed by atoms with E-state index in [0.717, 1.165) is 26.8 Å². The lowest BCUT2D eigenvalue weighted by molar-refractivity contribution is -0.120. The van der Waals surface area contributed by atoms with Crippen molar-refractivity contribution in [2.75, 3.05) is 11.9 Å². The Morgan fingerprint density at radius 3 is 2.62 bits per heavy atom. The molecule has 134 valence electrons. The molecule has 3 rings (SSSR count). The Bertz CT molecular complexity index is 871. The third kappa shape index (κ3) is 5.24. The average Bonchev–Trinajstić information content (AvgIpc) is 3.27. The van der Waals surface area contributed by atoms with Gasteiger partial charge in [0.2, 0.25) is 11.8 Å². The highest BCUT2D eigenvalue weighted by Gasteiger charge is 2.07. The largest absolute Gasteiger partial charge is 0.355 e. The highest BCUT2D eigenvalue weighted by atomic mass is 32.1. The molecule has 2 heterocycles. The first kappa shape index (κ1) is 18.3. The molecule has 0 radical (unpaired) electrons. The molecule has 2 N–H and O–H groups in total. The zero-order chi connectivity index (χ0) is 18.4. The number of hydrogen-bond acceptors (Lipinski definition) is 5. The Kier molecular flexibility index (Phi) is 6.14. The molecule has 7 heteroatoms. The van der Waals surface area contributed by atoms with Crippen LogP contribution in [-0.4, -0.2) is 23.3 Å². The van der Waals surface area contributed by atoms with E-state index in [2.05, 4.69) is 15.6 Å². The minimum absolute atomic E-state index is 0.0384. The van der Waals surface area contributed by atoms with Crippen LogP contribution in [0, 0.1) is 0 Å². The van der Waals surface area contributed by atoms with E-state index in [4.69, 9.17) is 0 Å². The van der Waals surface area contributed by atoms with Gasteiger partial charge in [-0.05, 0) is 35.7 Å². The molecule has 0 aliphatic heterocycles. The molecule has 1 aromatic carbocycles. The van der Waals surface area contributed by atoms with E-state index >= 15 is 0 Å². The number of rotatable bonds is 7. The van der Waals surface area contributed by atoms with Crippen molar-refractivity contribution in [3.05, 3.63) is 57.7 Å². The molecule has 3 aromatic rings. The molecular weight excluding hydrogens is 366 g/mol. The second-order valence-electron chi connectivity index (χ2n) is 5.76. The van der Waals surface area contributed by atoms with E-state index in [0.29, 0.717) is 19.4 Å². The summed E-state index contributed by atoms with van der Waals surface area (Å²) in [6.45, 7) is 2.06. The third-order valence-corrected chi connectivity index (χ3v) is 5.44. The molecule has 0 aliphatic carbocycles. The van der Waals surface area contributed by atoms with E-state index in [-0.39, 0.29) is 11.8 Å². The van der Waals surface area contributed by atoms with Gasteiger partial charge in [0.1, 0.15) is 5.01 Å². The van der Waals surface area contributed by atoms with Gasteiger partial charge in [-0.2, -0.15) is 0 Å². The summed E-state index contributed by atoms with van der Waals surface area (Å²) in [5.74, 6) is -0.0492. The minimum atomic E-state index is -0.0876. The molecule has 2 amide bonds. The first-order chi connectivity index (χ1) is 12.6. The first-order valence-electron chi connectivity index (χ1n) is 8.21. The van der Waals surface area contributed by atoms with E-state index in [1.807, 2.05) is 47.2 Å². The van der Waals surface area contributed by atoms with Crippen LogP contribution in [0.3, 0.4) is 0 Å². The van der Waals surface area contributed by atoms with Crippen LogP contribution in [0.25, 0.3) is 10.6 Å². The molecule has 0 fully saturated rings. The van der Waals surface area contributed by atoms with Crippen molar-refractivity contribution in [2.45, 2.75) is 19.8 Å². The van der Waals surface area contributed by atoms with Gasteiger partial charge < -0.3 is 10.6 Å². The number of carbonyl (C=O) groups excluding carboxylic acids is 2. The Morgan fingerprint density at radius 1 is 1.12 bits per heavy atom. The van der Waals surface area contributed by atoms with Gasteiger partial charge in [-0.1, -0.05) is 6.07 Å². The third-order valence-electron chi connectivity index (χ3n) is 3.62. The Labute approximate surface area is 160 Å². The molecule has 0 unspecified atom stereocenters. The fraction of sp³-hybridized carbons (Fsp3) is 0.211. The van der Waals surface area contributed by atoms with Gasteiger partial charge in [-0.15, -0.1) is 22.7 Å². The van der Waals surface area contributed by atoms with Gasteiger partial charge in [-0.25, -0.2) is 4.98 Å². The van der Waals surface area contributed by atoms with Gasteiger partial charge in [-0.3, -0.25) is 9.59 Å². The summed E-state index contributed by atoms with van der Waals surface area (Å²) in [5.41, 5.74) is 2.75. The summed E-state index contributed by atoms with van der Waals surface area (Å²) in [6, 6.07) is 11.5. The van der Waals surface area contributed by atoms with Crippen LogP contribution in [0.4, 0.5) is 5.69 Å². The number of nitrogens with zero attached hydrogens (tertiary/aromatic N) is 1. The summed E-state index contributed by atoms with van der Waals surface area (Å²) in [6.07, 6.45) is 1.14. The Balaban J connectivity index is 1.50. The molecule has 0 saturated heterocycles. The summed E-state index contributed by atoms with van der Waals surface area (Å²) in [7, 11) is 0. The normalized spacial score (nSPS) is 10.5. The molecular formula is C19H19N3O2S2. The lowest BCUT2D eigenvalue weighted by Gasteiger charge is -2.03. The number of hydrogen-bond donors (Lipinski definition) is 2. The molecule has 0 aliphatic rings. The zero-order valence-electron chi connectivity index (χ0n) is 14.3. The van der Waals surface area contributed by atoms with Gasteiger partial charge >= 0.3 is 0 Å². The minimum Gasteiger partial charge on any atom is -0.355 e. The van der Waals surface area contributed by atoms with Crippen LogP contribution < -0.4 is 10.6 Å².